The van der Waals surface area contributed by atoms with Crippen LogP contribution in [0.3, 0.4) is 0 Å². The van der Waals surface area contributed by atoms with E-state index in [1.165, 1.54) is 0 Å². The quantitative estimate of drug-likeness (QED) is 0.766. The van der Waals surface area contributed by atoms with Crippen LogP contribution in [0.5, 0.6) is 0 Å². The van der Waals surface area contributed by atoms with E-state index >= 15 is 0 Å². The molecule has 2 unspecified atom stereocenters. The Kier molecular flexibility index (Phi) is 6.92. The van der Waals surface area contributed by atoms with E-state index < -0.39 is 13.9 Å². The van der Waals surface area contributed by atoms with Crippen molar-refractivity contribution in [1.29, 1.82) is 0 Å². The Morgan fingerprint density at radius 3 is 2.21 bits per heavy atom. The maximum Gasteiger partial charge on any atom is 0.410 e. The third-order valence-electron chi connectivity index (χ3n) is 5.02. The topological polar surface area (TPSA) is 59.0 Å². The molecule has 1 rings (SSSR count). The molecule has 24 heavy (non-hydrogen) atoms. The number of hydrogen-bond donors (Lipinski definition) is 1. The molecule has 1 saturated heterocycles. The Morgan fingerprint density at radius 1 is 1.17 bits per heavy atom. The first kappa shape index (κ1) is 21.4. The van der Waals surface area contributed by atoms with Crippen molar-refractivity contribution < 1.29 is 19.1 Å². The normalized spacial score (nSPS) is 23.3. The Hall–Kier alpha value is -0.593. The van der Waals surface area contributed by atoms with E-state index in [9.17, 15) is 9.90 Å². The van der Waals surface area contributed by atoms with E-state index in [0.29, 0.717) is 13.0 Å². The molecule has 1 fully saturated rings. The highest BCUT2D eigenvalue weighted by Crippen LogP contribution is 2.38. The molecule has 0 aromatic rings. The summed E-state index contributed by atoms with van der Waals surface area (Å²) in [5, 5.41) is 9.45. The molecule has 0 radical (unpaired) electrons. The molecule has 0 bridgehead atoms. The zero-order valence-corrected chi connectivity index (χ0v) is 17.8. The molecule has 1 amide bonds. The van der Waals surface area contributed by atoms with Gasteiger partial charge in [0.25, 0.3) is 0 Å². The number of hydrogen-bond acceptors (Lipinski definition) is 4. The molecule has 0 aromatic heterocycles. The lowest BCUT2D eigenvalue weighted by Gasteiger charge is -2.45. The fourth-order valence-electron chi connectivity index (χ4n) is 2.68. The molecule has 0 aromatic carbocycles. The van der Waals surface area contributed by atoms with Crippen molar-refractivity contribution in [3.05, 3.63) is 0 Å². The van der Waals surface area contributed by atoms with Gasteiger partial charge in [0.2, 0.25) is 0 Å². The van der Waals surface area contributed by atoms with Gasteiger partial charge in [0.15, 0.2) is 8.32 Å². The molecule has 1 aliphatic rings. The Labute approximate surface area is 148 Å². The monoisotopic (exact) mass is 359 g/mol. The van der Waals surface area contributed by atoms with Crippen LogP contribution in [0.15, 0.2) is 0 Å². The van der Waals surface area contributed by atoms with Gasteiger partial charge in [-0.3, -0.25) is 0 Å². The number of amides is 1. The van der Waals surface area contributed by atoms with Crippen LogP contribution in [0.4, 0.5) is 4.79 Å². The smallest absolute Gasteiger partial charge is 0.410 e. The van der Waals surface area contributed by atoms with Gasteiger partial charge < -0.3 is 19.2 Å². The molecule has 6 heteroatoms. The molecule has 142 valence electrons. The number of piperidine rings is 1. The number of rotatable bonds is 4. The Balaban J connectivity index is 2.83. The van der Waals surface area contributed by atoms with Crippen LogP contribution in [0.1, 0.15) is 60.8 Å². The van der Waals surface area contributed by atoms with Crippen LogP contribution in [-0.4, -0.2) is 55.3 Å². The minimum Gasteiger partial charge on any atom is -0.444 e. The van der Waals surface area contributed by atoms with Crippen LogP contribution >= 0.6 is 0 Å². The minimum atomic E-state index is -1.87. The van der Waals surface area contributed by atoms with E-state index in [-0.39, 0.29) is 29.9 Å². The second-order valence-electron chi connectivity index (χ2n) is 9.38. The first-order chi connectivity index (χ1) is 10.8. The number of nitrogens with zero attached hydrogens (tertiary/aromatic N) is 1. The van der Waals surface area contributed by atoms with Crippen molar-refractivity contribution in [3.8, 4) is 0 Å². The van der Waals surface area contributed by atoms with Crippen molar-refractivity contribution in [3.63, 3.8) is 0 Å². The summed E-state index contributed by atoms with van der Waals surface area (Å²) in [6, 6.07) is 0.0316. The van der Waals surface area contributed by atoms with Gasteiger partial charge in [-0.2, -0.15) is 0 Å². The summed E-state index contributed by atoms with van der Waals surface area (Å²) in [6.45, 7) is 17.4. The number of carbonyl (C=O) groups is 1. The highest BCUT2D eigenvalue weighted by atomic mass is 28.4. The lowest BCUT2D eigenvalue weighted by Crippen LogP contribution is -2.54. The second kappa shape index (κ2) is 7.75. The summed E-state index contributed by atoms with van der Waals surface area (Å²) in [5.41, 5.74) is -0.520. The molecule has 0 aliphatic carbocycles. The van der Waals surface area contributed by atoms with Gasteiger partial charge in [-0.15, -0.1) is 0 Å². The number of likely N-dealkylation sites (tertiary alicyclic amines) is 1. The van der Waals surface area contributed by atoms with Crippen molar-refractivity contribution in [2.45, 2.75) is 96.7 Å². The van der Waals surface area contributed by atoms with Gasteiger partial charge in [0, 0.05) is 19.2 Å². The third-order valence-corrected chi connectivity index (χ3v) is 9.56. The predicted octanol–water partition coefficient (Wildman–Crippen LogP) is 4.16. The van der Waals surface area contributed by atoms with Gasteiger partial charge in [-0.1, -0.05) is 20.8 Å². The summed E-state index contributed by atoms with van der Waals surface area (Å²) < 4.78 is 12.1. The summed E-state index contributed by atoms with van der Waals surface area (Å²) in [5.74, 6) is 0. The first-order valence-corrected chi connectivity index (χ1v) is 12.0. The van der Waals surface area contributed by atoms with Crippen molar-refractivity contribution in [2.75, 3.05) is 13.2 Å². The molecule has 1 heterocycles. The molecule has 0 saturated carbocycles. The molecule has 0 spiro atoms. The Morgan fingerprint density at radius 2 is 1.75 bits per heavy atom. The van der Waals surface area contributed by atoms with Crippen LogP contribution in [0.25, 0.3) is 0 Å². The number of ether oxygens (including phenoxy) is 1. The number of aliphatic hydroxyl groups is 1. The van der Waals surface area contributed by atoms with Crippen LogP contribution in [-0.2, 0) is 9.16 Å². The van der Waals surface area contributed by atoms with Gasteiger partial charge >= 0.3 is 6.09 Å². The number of aliphatic hydroxyl groups excluding tert-OH is 1. The van der Waals surface area contributed by atoms with Gasteiger partial charge in [0.05, 0.1) is 6.10 Å². The van der Waals surface area contributed by atoms with Crippen LogP contribution < -0.4 is 0 Å². The van der Waals surface area contributed by atoms with Crippen molar-refractivity contribution in [2.24, 2.45) is 0 Å². The molecule has 1 N–H and O–H groups in total. The maximum atomic E-state index is 12.6. The zero-order chi connectivity index (χ0) is 18.8. The fourth-order valence-corrected chi connectivity index (χ4v) is 4.06. The van der Waals surface area contributed by atoms with E-state index in [2.05, 4.69) is 33.9 Å². The number of carbonyl (C=O) groups excluding carboxylic acids is 1. The first-order valence-electron chi connectivity index (χ1n) is 9.05. The average Bonchev–Trinajstić information content (AvgIpc) is 2.37. The van der Waals surface area contributed by atoms with Crippen LogP contribution in [0.2, 0.25) is 18.1 Å². The summed E-state index contributed by atoms with van der Waals surface area (Å²) in [6.07, 6.45) is 2.11. The lowest BCUT2D eigenvalue weighted by molar-refractivity contribution is -0.0138. The third kappa shape index (κ3) is 6.04. The minimum absolute atomic E-state index is 0.0316. The predicted molar refractivity (Wildman–Crippen MR) is 99.7 cm³/mol. The SMILES string of the molecule is CC(C)(C)OC(=O)N1CC(O[Si](C)(C)C(C)(C)C)CCC1CCO. The van der Waals surface area contributed by atoms with Crippen molar-refractivity contribution >= 4 is 14.4 Å². The van der Waals surface area contributed by atoms with Crippen molar-refractivity contribution in [1.82, 2.24) is 4.90 Å². The van der Waals surface area contributed by atoms with Gasteiger partial charge in [-0.25, -0.2) is 4.79 Å². The zero-order valence-electron chi connectivity index (χ0n) is 16.8. The Bertz CT molecular complexity index is 426. The van der Waals surface area contributed by atoms with Gasteiger partial charge in [0.1, 0.15) is 5.60 Å². The lowest BCUT2D eigenvalue weighted by atomic mass is 9.98. The highest BCUT2D eigenvalue weighted by molar-refractivity contribution is 6.74. The summed E-state index contributed by atoms with van der Waals surface area (Å²) in [4.78, 5) is 14.4. The fraction of sp³-hybridized carbons (Fsp3) is 0.944. The van der Waals surface area contributed by atoms with Crippen LogP contribution in [0, 0.1) is 0 Å². The molecule has 2 atom stereocenters. The average molecular weight is 360 g/mol. The molecule has 5 nitrogen and oxygen atoms in total. The maximum absolute atomic E-state index is 12.6. The van der Waals surface area contributed by atoms with Gasteiger partial charge in [-0.05, 0) is 58.2 Å². The molecule has 1 aliphatic heterocycles. The summed E-state index contributed by atoms with van der Waals surface area (Å²) >= 11 is 0. The second-order valence-corrected chi connectivity index (χ2v) is 14.1. The van der Waals surface area contributed by atoms with E-state index in [1.807, 2.05) is 20.8 Å². The van der Waals surface area contributed by atoms with E-state index in [0.717, 1.165) is 12.8 Å². The highest BCUT2D eigenvalue weighted by Gasteiger charge is 2.42. The standard InChI is InChI=1S/C18H37NO4Si/c1-17(2,3)22-16(21)19-13-15(10-9-14(19)11-12-20)23-24(7,8)18(4,5)6/h14-15,20H,9-13H2,1-8H3. The largest absolute Gasteiger partial charge is 0.444 e. The molecular formula is C18H37NO4Si. The summed E-state index contributed by atoms with van der Waals surface area (Å²) in [7, 11) is -1.87. The van der Waals surface area contributed by atoms with E-state index in [1.54, 1.807) is 4.90 Å². The molecular weight excluding hydrogens is 322 g/mol. The van der Waals surface area contributed by atoms with E-state index in [4.69, 9.17) is 9.16 Å².